The molecule has 3 rings (SSSR count). The molecule has 1 radical (unpaired) electrons. The van der Waals surface area contributed by atoms with E-state index < -0.39 is 0 Å². The van der Waals surface area contributed by atoms with Crippen molar-refractivity contribution < 1.29 is 0 Å². The van der Waals surface area contributed by atoms with Crippen molar-refractivity contribution in [2.24, 2.45) is 5.92 Å². The first-order chi connectivity index (χ1) is 6.45. The highest BCUT2D eigenvalue weighted by atomic mass is 14.3. The molecule has 1 unspecified atom stereocenters. The maximum Gasteiger partial charge on any atom is 0.0199 e. The molecular weight excluding hydrogens is 156 g/mol. The first kappa shape index (κ1) is 7.37. The zero-order valence-corrected chi connectivity index (χ0v) is 7.66. The van der Waals surface area contributed by atoms with E-state index >= 15 is 0 Å². The van der Waals surface area contributed by atoms with Crippen LogP contribution < -0.4 is 0 Å². The maximum absolute atomic E-state index is 2.40. The highest BCUT2D eigenvalue weighted by molar-refractivity contribution is 5.51. The standard InChI is InChI=1S/C13H13/c1-2-6-12-10(4-1)8-9-11-5-3-7-13(11)12/h2-7,12H,1,8-9H2. The van der Waals surface area contributed by atoms with Gasteiger partial charge in [0.15, 0.2) is 0 Å². The summed E-state index contributed by atoms with van der Waals surface area (Å²) in [6, 6.07) is 0. The number of fused-ring (bicyclic) bond motifs is 2. The smallest absolute Gasteiger partial charge is 0.0199 e. The summed E-state index contributed by atoms with van der Waals surface area (Å²) in [6.45, 7) is 0. The molecule has 0 amide bonds. The van der Waals surface area contributed by atoms with Crippen LogP contribution in [0.4, 0.5) is 0 Å². The Bertz CT molecular complexity index is 350. The molecule has 0 aliphatic heterocycles. The van der Waals surface area contributed by atoms with Gasteiger partial charge in [-0.05, 0) is 30.4 Å². The monoisotopic (exact) mass is 169 g/mol. The van der Waals surface area contributed by atoms with Gasteiger partial charge in [0.05, 0.1) is 0 Å². The lowest BCUT2D eigenvalue weighted by Gasteiger charge is -2.27. The van der Waals surface area contributed by atoms with Gasteiger partial charge in [-0.3, -0.25) is 0 Å². The third-order valence-electron chi connectivity index (χ3n) is 3.21. The largest absolute Gasteiger partial charge is 0.0838 e. The molecule has 0 aromatic heterocycles. The summed E-state index contributed by atoms with van der Waals surface area (Å²) in [5.41, 5.74) is 4.75. The fourth-order valence-corrected chi connectivity index (χ4v) is 2.53. The molecule has 0 spiro atoms. The predicted molar refractivity (Wildman–Crippen MR) is 55.0 cm³/mol. The Morgan fingerprint density at radius 3 is 3.23 bits per heavy atom. The fraction of sp³-hybridized carbons (Fsp3) is 0.308. The van der Waals surface area contributed by atoms with E-state index in [4.69, 9.17) is 0 Å². The maximum atomic E-state index is 2.40. The lowest BCUT2D eigenvalue weighted by atomic mass is 9.77. The van der Waals surface area contributed by atoms with Crippen molar-refractivity contribution in [2.45, 2.75) is 19.3 Å². The third kappa shape index (κ3) is 1.05. The van der Waals surface area contributed by atoms with Crippen LogP contribution in [0.5, 0.6) is 0 Å². The Morgan fingerprint density at radius 2 is 2.23 bits per heavy atom. The summed E-state index contributed by atoms with van der Waals surface area (Å²) in [5.74, 6) is 0.618. The van der Waals surface area contributed by atoms with E-state index in [1.807, 2.05) is 0 Å². The molecular formula is C13H13. The second kappa shape index (κ2) is 2.73. The second-order valence-corrected chi connectivity index (χ2v) is 3.93. The summed E-state index contributed by atoms with van der Waals surface area (Å²) in [4.78, 5) is 0. The average Bonchev–Trinajstić information content (AvgIpc) is 2.65. The lowest BCUT2D eigenvalue weighted by Crippen LogP contribution is -2.13. The molecule has 0 aromatic carbocycles. The van der Waals surface area contributed by atoms with Crippen molar-refractivity contribution in [3.63, 3.8) is 0 Å². The van der Waals surface area contributed by atoms with Gasteiger partial charge < -0.3 is 0 Å². The SMILES string of the molecule is [CH]1C=CC2=C1C1C=CCC=C1CC2. The summed E-state index contributed by atoms with van der Waals surface area (Å²) in [5, 5.41) is 0. The molecule has 0 nitrogen and oxygen atoms in total. The van der Waals surface area contributed by atoms with Crippen molar-refractivity contribution in [3.05, 3.63) is 53.5 Å². The van der Waals surface area contributed by atoms with Gasteiger partial charge in [0, 0.05) is 12.3 Å². The van der Waals surface area contributed by atoms with Crippen LogP contribution in [0.2, 0.25) is 0 Å². The van der Waals surface area contributed by atoms with Gasteiger partial charge in [-0.2, -0.15) is 0 Å². The molecule has 13 heavy (non-hydrogen) atoms. The number of hydrogen-bond acceptors (Lipinski definition) is 0. The van der Waals surface area contributed by atoms with Crippen LogP contribution in [-0.4, -0.2) is 0 Å². The highest BCUT2D eigenvalue weighted by Gasteiger charge is 2.26. The van der Waals surface area contributed by atoms with E-state index in [1.165, 1.54) is 12.8 Å². The van der Waals surface area contributed by atoms with Crippen molar-refractivity contribution in [1.29, 1.82) is 0 Å². The molecule has 3 aliphatic rings. The average molecular weight is 169 g/mol. The predicted octanol–water partition coefficient (Wildman–Crippen LogP) is 3.35. The van der Waals surface area contributed by atoms with Crippen LogP contribution in [0.1, 0.15) is 19.3 Å². The molecule has 3 aliphatic carbocycles. The number of allylic oxidation sites excluding steroid dienone is 8. The van der Waals surface area contributed by atoms with E-state index in [0.717, 1.165) is 6.42 Å². The van der Waals surface area contributed by atoms with Crippen LogP contribution in [0.3, 0.4) is 0 Å². The van der Waals surface area contributed by atoms with Crippen molar-refractivity contribution in [1.82, 2.24) is 0 Å². The van der Waals surface area contributed by atoms with Crippen molar-refractivity contribution in [2.75, 3.05) is 0 Å². The van der Waals surface area contributed by atoms with Crippen molar-refractivity contribution >= 4 is 0 Å². The normalized spacial score (nSPS) is 30.2. The summed E-state index contributed by atoms with van der Waals surface area (Å²) >= 11 is 0. The quantitative estimate of drug-likeness (QED) is 0.488. The Hall–Kier alpha value is -1.04. The first-order valence-corrected chi connectivity index (χ1v) is 5.05. The fourth-order valence-electron chi connectivity index (χ4n) is 2.53. The Balaban J connectivity index is 2.03. The number of hydrogen-bond donors (Lipinski definition) is 0. The summed E-state index contributed by atoms with van der Waals surface area (Å²) < 4.78 is 0. The second-order valence-electron chi connectivity index (χ2n) is 3.93. The van der Waals surface area contributed by atoms with Gasteiger partial charge in [0.25, 0.3) is 0 Å². The van der Waals surface area contributed by atoms with Crippen LogP contribution >= 0.6 is 0 Å². The van der Waals surface area contributed by atoms with Gasteiger partial charge in [0.1, 0.15) is 0 Å². The molecule has 0 heterocycles. The summed E-state index contributed by atoms with van der Waals surface area (Å²) in [6.07, 6.45) is 17.5. The third-order valence-corrected chi connectivity index (χ3v) is 3.21. The van der Waals surface area contributed by atoms with Gasteiger partial charge in [0.2, 0.25) is 0 Å². The van der Waals surface area contributed by atoms with Crippen molar-refractivity contribution in [3.8, 4) is 0 Å². The van der Waals surface area contributed by atoms with E-state index in [-0.39, 0.29) is 0 Å². The minimum Gasteiger partial charge on any atom is -0.0838 e. The minimum absolute atomic E-state index is 0.618. The molecule has 1 atom stereocenters. The molecule has 0 N–H and O–H groups in total. The van der Waals surface area contributed by atoms with E-state index in [1.54, 1.807) is 16.7 Å². The van der Waals surface area contributed by atoms with E-state index in [9.17, 15) is 0 Å². The first-order valence-electron chi connectivity index (χ1n) is 5.05. The van der Waals surface area contributed by atoms with E-state index in [0.29, 0.717) is 5.92 Å². The molecule has 0 fully saturated rings. The summed E-state index contributed by atoms with van der Waals surface area (Å²) in [7, 11) is 0. The topological polar surface area (TPSA) is 0 Å². The van der Waals surface area contributed by atoms with Crippen LogP contribution in [0, 0.1) is 12.3 Å². The van der Waals surface area contributed by atoms with Gasteiger partial charge in [-0.15, -0.1) is 0 Å². The minimum atomic E-state index is 0.618. The molecule has 0 heteroatoms. The van der Waals surface area contributed by atoms with Gasteiger partial charge in [-0.25, -0.2) is 0 Å². The molecule has 0 saturated heterocycles. The highest BCUT2D eigenvalue weighted by Crippen LogP contribution is 2.41. The zero-order chi connectivity index (χ0) is 8.67. The molecule has 65 valence electrons. The van der Waals surface area contributed by atoms with Gasteiger partial charge >= 0.3 is 0 Å². The molecule has 0 bridgehead atoms. The lowest BCUT2D eigenvalue weighted by molar-refractivity contribution is 0.734. The van der Waals surface area contributed by atoms with E-state index in [2.05, 4.69) is 36.8 Å². The Kier molecular flexibility index (Phi) is 1.55. The number of rotatable bonds is 0. The molecule has 0 aromatic rings. The van der Waals surface area contributed by atoms with Crippen LogP contribution in [0.25, 0.3) is 0 Å². The van der Waals surface area contributed by atoms with Gasteiger partial charge in [-0.1, -0.05) is 36.0 Å². The zero-order valence-electron chi connectivity index (χ0n) is 7.66. The Labute approximate surface area is 79.3 Å². The Morgan fingerprint density at radius 1 is 1.23 bits per heavy atom. The molecule has 0 saturated carbocycles. The van der Waals surface area contributed by atoms with Crippen LogP contribution in [0.15, 0.2) is 47.1 Å². The van der Waals surface area contributed by atoms with Crippen LogP contribution in [-0.2, 0) is 0 Å².